The molecule has 120 valence electrons. The van der Waals surface area contributed by atoms with Crippen molar-refractivity contribution in [2.24, 2.45) is 0 Å². The number of methoxy groups -OCH3 is 1. The second-order valence-corrected chi connectivity index (χ2v) is 6.80. The van der Waals surface area contributed by atoms with Gasteiger partial charge in [0.05, 0.1) is 22.7 Å². The van der Waals surface area contributed by atoms with Gasteiger partial charge >= 0.3 is 0 Å². The van der Waals surface area contributed by atoms with Gasteiger partial charge in [-0.25, -0.2) is 9.38 Å². The molecule has 0 saturated heterocycles. The zero-order valence-corrected chi connectivity index (χ0v) is 14.5. The highest BCUT2D eigenvalue weighted by atomic mass is 32.1. The molecule has 2 aromatic carbocycles. The Balaban J connectivity index is 1.94. The topological polar surface area (TPSA) is 43.6 Å². The number of aromatic nitrogens is 2. The normalized spacial score (nSPS) is 12.4. The van der Waals surface area contributed by atoms with Crippen molar-refractivity contribution >= 4 is 33.4 Å². The van der Waals surface area contributed by atoms with E-state index in [0.717, 1.165) is 32.9 Å². The fourth-order valence-electron chi connectivity index (χ4n) is 2.82. The summed E-state index contributed by atoms with van der Waals surface area (Å²) in [4.78, 5) is 18.2. The second-order valence-electron chi connectivity index (χ2n) is 5.79. The molecule has 5 heteroatoms. The van der Waals surface area contributed by atoms with Crippen molar-refractivity contribution in [2.75, 3.05) is 7.11 Å². The summed E-state index contributed by atoms with van der Waals surface area (Å²) < 4.78 is 7.55. The van der Waals surface area contributed by atoms with Crippen LogP contribution in [0.1, 0.15) is 16.7 Å². The third-order valence-corrected chi connectivity index (χ3v) is 5.32. The Morgan fingerprint density at radius 2 is 1.88 bits per heavy atom. The Labute approximate surface area is 142 Å². The van der Waals surface area contributed by atoms with Crippen LogP contribution in [0.15, 0.2) is 41.2 Å². The van der Waals surface area contributed by atoms with Gasteiger partial charge in [-0.2, -0.15) is 0 Å². The van der Waals surface area contributed by atoms with E-state index in [-0.39, 0.29) is 5.56 Å². The van der Waals surface area contributed by atoms with Crippen molar-refractivity contribution < 1.29 is 4.74 Å². The standard InChI is InChI=1S/C19H16N2O2S/c1-11-4-9-15-17(12(11)2)20-19-21(15)18(22)16(24-19)10-13-5-7-14(23-3)8-6-13/h4-10H,1-3H3/b16-10+. The molecule has 0 N–H and O–H groups in total. The molecule has 0 atom stereocenters. The number of ether oxygens (including phenoxy) is 1. The summed E-state index contributed by atoms with van der Waals surface area (Å²) >= 11 is 1.42. The highest BCUT2D eigenvalue weighted by molar-refractivity contribution is 7.15. The van der Waals surface area contributed by atoms with Crippen LogP contribution in [0.4, 0.5) is 0 Å². The Bertz CT molecular complexity index is 1170. The average molecular weight is 336 g/mol. The van der Waals surface area contributed by atoms with E-state index in [1.165, 1.54) is 16.9 Å². The minimum Gasteiger partial charge on any atom is -0.497 e. The Morgan fingerprint density at radius 3 is 2.58 bits per heavy atom. The van der Waals surface area contributed by atoms with E-state index in [4.69, 9.17) is 4.74 Å². The SMILES string of the molecule is COc1ccc(/C=c2/sc3nc4c(C)c(C)ccc4n3c2=O)cc1. The van der Waals surface area contributed by atoms with Crippen LogP contribution < -0.4 is 14.8 Å². The fourth-order valence-corrected chi connectivity index (χ4v) is 3.80. The number of benzene rings is 2. The molecule has 0 saturated carbocycles. The largest absolute Gasteiger partial charge is 0.497 e. The summed E-state index contributed by atoms with van der Waals surface area (Å²) in [6, 6.07) is 11.7. The van der Waals surface area contributed by atoms with E-state index in [2.05, 4.69) is 11.9 Å². The maximum absolute atomic E-state index is 12.8. The predicted octanol–water partition coefficient (Wildman–Crippen LogP) is 3.08. The molecule has 0 radical (unpaired) electrons. The van der Waals surface area contributed by atoms with Crippen LogP contribution >= 0.6 is 11.3 Å². The van der Waals surface area contributed by atoms with Gasteiger partial charge in [0.1, 0.15) is 5.75 Å². The van der Waals surface area contributed by atoms with Crippen molar-refractivity contribution in [2.45, 2.75) is 13.8 Å². The molecule has 0 amide bonds. The molecule has 2 aromatic heterocycles. The zero-order chi connectivity index (χ0) is 16.8. The van der Waals surface area contributed by atoms with E-state index >= 15 is 0 Å². The van der Waals surface area contributed by atoms with Crippen LogP contribution in [0.2, 0.25) is 0 Å². The van der Waals surface area contributed by atoms with Crippen LogP contribution in [-0.2, 0) is 0 Å². The van der Waals surface area contributed by atoms with Crippen LogP contribution in [0, 0.1) is 13.8 Å². The minimum atomic E-state index is -0.0171. The van der Waals surface area contributed by atoms with E-state index in [9.17, 15) is 4.79 Å². The number of imidazole rings is 1. The lowest BCUT2D eigenvalue weighted by Gasteiger charge is -1.99. The molecule has 0 aliphatic rings. The summed E-state index contributed by atoms with van der Waals surface area (Å²) in [7, 11) is 1.64. The van der Waals surface area contributed by atoms with Gasteiger partial charge in [-0.15, -0.1) is 0 Å². The number of hydrogen-bond acceptors (Lipinski definition) is 4. The number of thiazole rings is 1. The first kappa shape index (κ1) is 14.9. The number of rotatable bonds is 2. The number of aryl methyl sites for hydroxylation is 2. The lowest BCUT2D eigenvalue weighted by atomic mass is 10.1. The molecule has 0 unspecified atom stereocenters. The van der Waals surface area contributed by atoms with Gasteiger partial charge in [-0.05, 0) is 54.8 Å². The summed E-state index contributed by atoms with van der Waals surface area (Å²) in [6.07, 6.45) is 1.90. The summed E-state index contributed by atoms with van der Waals surface area (Å²) in [5.74, 6) is 0.798. The second kappa shape index (κ2) is 5.46. The lowest BCUT2D eigenvalue weighted by molar-refractivity contribution is 0.415. The van der Waals surface area contributed by atoms with E-state index in [1.54, 1.807) is 11.5 Å². The molecule has 0 aliphatic carbocycles. The zero-order valence-electron chi connectivity index (χ0n) is 13.7. The monoisotopic (exact) mass is 336 g/mol. The highest BCUT2D eigenvalue weighted by Gasteiger charge is 2.13. The molecule has 0 bridgehead atoms. The van der Waals surface area contributed by atoms with Crippen molar-refractivity contribution in [1.29, 1.82) is 0 Å². The summed E-state index contributed by atoms with van der Waals surface area (Å²) in [5.41, 5.74) is 5.05. The van der Waals surface area contributed by atoms with Crippen LogP contribution in [-0.4, -0.2) is 16.5 Å². The van der Waals surface area contributed by atoms with Crippen LogP contribution in [0.5, 0.6) is 5.75 Å². The number of hydrogen-bond donors (Lipinski definition) is 0. The molecule has 4 aromatic rings. The van der Waals surface area contributed by atoms with Crippen LogP contribution in [0.25, 0.3) is 22.1 Å². The first-order valence-corrected chi connectivity index (χ1v) is 8.47. The minimum absolute atomic E-state index is 0.0171. The van der Waals surface area contributed by atoms with Gasteiger partial charge in [0.25, 0.3) is 5.56 Å². The first-order chi connectivity index (χ1) is 11.6. The van der Waals surface area contributed by atoms with Crippen molar-refractivity contribution in [1.82, 2.24) is 9.38 Å². The average Bonchev–Trinajstić information content (AvgIpc) is 3.10. The van der Waals surface area contributed by atoms with Crippen molar-refractivity contribution in [3.05, 3.63) is 68.0 Å². The highest BCUT2D eigenvalue weighted by Crippen LogP contribution is 2.22. The van der Waals surface area contributed by atoms with Crippen molar-refractivity contribution in [3.63, 3.8) is 0 Å². The van der Waals surface area contributed by atoms with Gasteiger partial charge in [0.2, 0.25) is 0 Å². The molecular weight excluding hydrogens is 320 g/mol. The van der Waals surface area contributed by atoms with Gasteiger partial charge in [-0.1, -0.05) is 29.5 Å². The third kappa shape index (κ3) is 2.20. The van der Waals surface area contributed by atoms with E-state index < -0.39 is 0 Å². The Hall–Kier alpha value is -2.66. The Morgan fingerprint density at radius 1 is 1.12 bits per heavy atom. The summed E-state index contributed by atoms with van der Waals surface area (Å²) in [6.45, 7) is 4.10. The number of fused-ring (bicyclic) bond motifs is 3. The maximum Gasteiger partial charge on any atom is 0.274 e. The summed E-state index contributed by atoms with van der Waals surface area (Å²) in [5, 5.41) is 0. The fraction of sp³-hybridized carbons (Fsp3) is 0.158. The van der Waals surface area contributed by atoms with E-state index in [0.29, 0.717) is 4.53 Å². The van der Waals surface area contributed by atoms with Gasteiger partial charge < -0.3 is 4.74 Å². The van der Waals surface area contributed by atoms with Crippen molar-refractivity contribution in [3.8, 4) is 5.75 Å². The quantitative estimate of drug-likeness (QED) is 0.565. The van der Waals surface area contributed by atoms with Gasteiger partial charge in [-0.3, -0.25) is 4.79 Å². The molecule has 0 fully saturated rings. The van der Waals surface area contributed by atoms with Gasteiger partial charge in [0, 0.05) is 0 Å². The smallest absolute Gasteiger partial charge is 0.274 e. The molecular formula is C19H16N2O2S. The van der Waals surface area contributed by atoms with Gasteiger partial charge in [0.15, 0.2) is 4.96 Å². The maximum atomic E-state index is 12.8. The predicted molar refractivity (Wildman–Crippen MR) is 98.1 cm³/mol. The first-order valence-electron chi connectivity index (χ1n) is 7.65. The third-order valence-electron chi connectivity index (χ3n) is 4.35. The lowest BCUT2D eigenvalue weighted by Crippen LogP contribution is -2.22. The molecule has 0 aliphatic heterocycles. The molecule has 4 nitrogen and oxygen atoms in total. The molecule has 2 heterocycles. The molecule has 0 spiro atoms. The number of nitrogens with zero attached hydrogens (tertiary/aromatic N) is 2. The van der Waals surface area contributed by atoms with Crippen LogP contribution in [0.3, 0.4) is 0 Å². The van der Waals surface area contributed by atoms with E-state index in [1.807, 2.05) is 49.4 Å². The molecule has 24 heavy (non-hydrogen) atoms. The Kier molecular flexibility index (Phi) is 3.39. The molecule has 4 rings (SSSR count).